The van der Waals surface area contributed by atoms with Gasteiger partial charge in [-0.05, 0) is 44.0 Å². The topological polar surface area (TPSA) is 90.7 Å². The minimum atomic E-state index is -0.462. The number of ether oxygens (including phenoxy) is 2. The molecule has 0 bridgehead atoms. The van der Waals surface area contributed by atoms with Gasteiger partial charge in [-0.2, -0.15) is 0 Å². The van der Waals surface area contributed by atoms with E-state index in [0.717, 1.165) is 0 Å². The molecule has 0 spiro atoms. The summed E-state index contributed by atoms with van der Waals surface area (Å²) < 4.78 is 11.2. The van der Waals surface area contributed by atoms with Crippen molar-refractivity contribution < 1.29 is 19.2 Å². The minimum absolute atomic E-state index is 0.00172. The number of anilines is 1. The third-order valence-electron chi connectivity index (χ3n) is 3.65. The van der Waals surface area contributed by atoms with Crippen LogP contribution < -0.4 is 14.8 Å². The highest BCUT2D eigenvalue weighted by molar-refractivity contribution is 5.91. The van der Waals surface area contributed by atoms with E-state index < -0.39 is 4.92 Å². The number of nitrogens with zero attached hydrogens (tertiary/aromatic N) is 1. The molecule has 7 heteroatoms. The number of benzene rings is 2. The van der Waals surface area contributed by atoms with Crippen LogP contribution in [0.25, 0.3) is 0 Å². The Bertz CT molecular complexity index is 776. The van der Waals surface area contributed by atoms with Gasteiger partial charge in [-0.15, -0.1) is 0 Å². The number of para-hydroxylation sites is 2. The maximum absolute atomic E-state index is 12.0. The number of hydrogen-bond donors (Lipinski definition) is 1. The van der Waals surface area contributed by atoms with Gasteiger partial charge in [0.1, 0.15) is 0 Å². The van der Waals surface area contributed by atoms with Gasteiger partial charge in [-0.3, -0.25) is 14.9 Å². The summed E-state index contributed by atoms with van der Waals surface area (Å²) in [7, 11) is 0. The van der Waals surface area contributed by atoms with Gasteiger partial charge < -0.3 is 14.8 Å². The standard InChI is InChI=1S/C19H22N2O5/c1-3-25-17-7-4-5-8-18(17)26-12-6-9-19(22)20-16-11-10-15(21(23)24)13-14(16)2/h4-5,7-8,10-11,13H,3,6,9,12H2,1-2H3,(H,20,22). The second-order valence-electron chi connectivity index (χ2n) is 5.64. The van der Waals surface area contributed by atoms with Gasteiger partial charge in [-0.1, -0.05) is 12.1 Å². The summed E-state index contributed by atoms with van der Waals surface area (Å²) in [6, 6.07) is 11.7. The first-order valence-corrected chi connectivity index (χ1v) is 8.40. The van der Waals surface area contributed by atoms with Gasteiger partial charge in [0.25, 0.3) is 5.69 Å². The fraction of sp³-hybridized carbons (Fsp3) is 0.316. The third-order valence-corrected chi connectivity index (χ3v) is 3.65. The van der Waals surface area contributed by atoms with E-state index in [1.54, 1.807) is 13.0 Å². The van der Waals surface area contributed by atoms with Gasteiger partial charge in [0.2, 0.25) is 5.91 Å². The highest BCUT2D eigenvalue weighted by Gasteiger charge is 2.10. The van der Waals surface area contributed by atoms with Crippen LogP contribution in [-0.4, -0.2) is 24.0 Å². The minimum Gasteiger partial charge on any atom is -0.490 e. The SMILES string of the molecule is CCOc1ccccc1OCCCC(=O)Nc1ccc([N+](=O)[O-])cc1C. The van der Waals surface area contributed by atoms with Crippen LogP contribution in [0.5, 0.6) is 11.5 Å². The number of rotatable bonds is 9. The Labute approximate surface area is 152 Å². The molecule has 26 heavy (non-hydrogen) atoms. The molecule has 0 aliphatic carbocycles. The van der Waals surface area contributed by atoms with Gasteiger partial charge >= 0.3 is 0 Å². The number of amides is 1. The Balaban J connectivity index is 1.80. The van der Waals surface area contributed by atoms with Crippen molar-refractivity contribution >= 4 is 17.3 Å². The lowest BCUT2D eigenvalue weighted by molar-refractivity contribution is -0.384. The predicted octanol–water partition coefficient (Wildman–Crippen LogP) is 4.10. The van der Waals surface area contributed by atoms with Crippen LogP contribution in [0.4, 0.5) is 11.4 Å². The average molecular weight is 358 g/mol. The quantitative estimate of drug-likeness (QED) is 0.414. The predicted molar refractivity (Wildman–Crippen MR) is 98.8 cm³/mol. The summed E-state index contributed by atoms with van der Waals surface area (Å²) in [5.41, 5.74) is 1.22. The maximum Gasteiger partial charge on any atom is 0.269 e. The molecule has 1 amide bonds. The molecule has 0 heterocycles. The molecule has 0 atom stereocenters. The van der Waals surface area contributed by atoms with E-state index in [-0.39, 0.29) is 18.0 Å². The number of carbonyl (C=O) groups excluding carboxylic acids is 1. The number of nitro benzene ring substituents is 1. The van der Waals surface area contributed by atoms with E-state index in [4.69, 9.17) is 9.47 Å². The molecule has 2 aromatic rings. The summed E-state index contributed by atoms with van der Waals surface area (Å²) in [6.07, 6.45) is 0.825. The second kappa shape index (κ2) is 9.41. The Morgan fingerprint density at radius 3 is 2.46 bits per heavy atom. The molecular formula is C19H22N2O5. The Kier molecular flexibility index (Phi) is 6.96. The summed E-state index contributed by atoms with van der Waals surface area (Å²) in [4.78, 5) is 22.3. The van der Waals surface area contributed by atoms with E-state index in [1.807, 2.05) is 31.2 Å². The molecule has 0 unspecified atom stereocenters. The Morgan fingerprint density at radius 2 is 1.85 bits per heavy atom. The average Bonchev–Trinajstić information content (AvgIpc) is 2.62. The zero-order valence-electron chi connectivity index (χ0n) is 14.9. The zero-order valence-corrected chi connectivity index (χ0v) is 14.9. The smallest absolute Gasteiger partial charge is 0.269 e. The molecule has 0 saturated heterocycles. The van der Waals surface area contributed by atoms with Crippen molar-refractivity contribution in [3.8, 4) is 11.5 Å². The van der Waals surface area contributed by atoms with Crippen LogP contribution in [0.15, 0.2) is 42.5 Å². The zero-order chi connectivity index (χ0) is 18.9. The molecule has 138 valence electrons. The van der Waals surface area contributed by atoms with E-state index in [9.17, 15) is 14.9 Å². The van der Waals surface area contributed by atoms with E-state index >= 15 is 0 Å². The summed E-state index contributed by atoms with van der Waals surface area (Å²) >= 11 is 0. The van der Waals surface area contributed by atoms with Crippen molar-refractivity contribution in [1.29, 1.82) is 0 Å². The van der Waals surface area contributed by atoms with Crippen LogP contribution in [0.3, 0.4) is 0 Å². The van der Waals surface area contributed by atoms with E-state index in [0.29, 0.717) is 42.4 Å². The highest BCUT2D eigenvalue weighted by atomic mass is 16.6. The molecule has 2 rings (SSSR count). The van der Waals surface area contributed by atoms with Crippen molar-refractivity contribution in [3.63, 3.8) is 0 Å². The summed E-state index contributed by atoms with van der Waals surface area (Å²) in [5, 5.41) is 13.5. The summed E-state index contributed by atoms with van der Waals surface area (Å²) in [5.74, 6) is 1.17. The van der Waals surface area contributed by atoms with Gasteiger partial charge in [0, 0.05) is 24.2 Å². The first kappa shape index (κ1) is 19.2. The normalized spacial score (nSPS) is 10.2. The van der Waals surface area contributed by atoms with E-state index in [1.165, 1.54) is 12.1 Å². The number of nitrogens with one attached hydrogen (secondary N) is 1. The van der Waals surface area contributed by atoms with Gasteiger partial charge in [0.15, 0.2) is 11.5 Å². The monoisotopic (exact) mass is 358 g/mol. The lowest BCUT2D eigenvalue weighted by atomic mass is 10.1. The van der Waals surface area contributed by atoms with Crippen molar-refractivity contribution in [2.75, 3.05) is 18.5 Å². The fourth-order valence-electron chi connectivity index (χ4n) is 2.37. The number of hydrogen-bond acceptors (Lipinski definition) is 5. The molecule has 0 aliphatic rings. The summed E-state index contributed by atoms with van der Waals surface area (Å²) in [6.45, 7) is 4.56. The molecule has 0 aromatic heterocycles. The first-order valence-electron chi connectivity index (χ1n) is 8.40. The molecule has 0 radical (unpaired) electrons. The van der Waals surface area contributed by atoms with Crippen LogP contribution in [0, 0.1) is 17.0 Å². The Hall–Kier alpha value is -3.09. The lowest BCUT2D eigenvalue weighted by Gasteiger charge is -2.12. The van der Waals surface area contributed by atoms with Crippen LogP contribution in [-0.2, 0) is 4.79 Å². The third kappa shape index (κ3) is 5.47. The number of nitro groups is 1. The molecule has 7 nitrogen and oxygen atoms in total. The van der Waals surface area contributed by atoms with Gasteiger partial charge in [0.05, 0.1) is 18.1 Å². The molecule has 0 saturated carbocycles. The van der Waals surface area contributed by atoms with Crippen molar-refractivity contribution in [3.05, 3.63) is 58.1 Å². The first-order chi connectivity index (χ1) is 12.5. The van der Waals surface area contributed by atoms with Crippen molar-refractivity contribution in [2.45, 2.75) is 26.7 Å². The molecule has 0 fully saturated rings. The van der Waals surface area contributed by atoms with Crippen LogP contribution >= 0.6 is 0 Å². The second-order valence-corrected chi connectivity index (χ2v) is 5.64. The van der Waals surface area contributed by atoms with Gasteiger partial charge in [-0.25, -0.2) is 0 Å². The maximum atomic E-state index is 12.0. The fourth-order valence-corrected chi connectivity index (χ4v) is 2.37. The van der Waals surface area contributed by atoms with Crippen LogP contribution in [0.1, 0.15) is 25.3 Å². The number of carbonyl (C=O) groups is 1. The van der Waals surface area contributed by atoms with Crippen molar-refractivity contribution in [2.24, 2.45) is 0 Å². The molecule has 1 N–H and O–H groups in total. The van der Waals surface area contributed by atoms with Crippen LogP contribution in [0.2, 0.25) is 0 Å². The van der Waals surface area contributed by atoms with Crippen molar-refractivity contribution in [1.82, 2.24) is 0 Å². The number of aryl methyl sites for hydroxylation is 1. The Morgan fingerprint density at radius 1 is 1.15 bits per heavy atom. The molecular weight excluding hydrogens is 336 g/mol. The number of non-ortho nitro benzene ring substituents is 1. The van der Waals surface area contributed by atoms with E-state index in [2.05, 4.69) is 5.32 Å². The highest BCUT2D eigenvalue weighted by Crippen LogP contribution is 2.26. The molecule has 0 aliphatic heterocycles. The lowest BCUT2D eigenvalue weighted by Crippen LogP contribution is -2.13. The largest absolute Gasteiger partial charge is 0.490 e. The molecule has 2 aromatic carbocycles.